The second-order valence-electron chi connectivity index (χ2n) is 3.99. The number of carbonyl (C=O) groups is 2. The number of carboxylic acids is 1. The molecule has 0 aliphatic carbocycles. The summed E-state index contributed by atoms with van der Waals surface area (Å²) in [7, 11) is 0. The molecule has 0 saturated carbocycles. The average Bonchev–Trinajstić information content (AvgIpc) is 2.64. The SMILES string of the molecule is CCCC(CC(=O)O)NC(=O)c1cc(C)[nH]n1. The molecule has 0 radical (unpaired) electrons. The van der Waals surface area contributed by atoms with Crippen LogP contribution in [-0.2, 0) is 4.79 Å². The van der Waals surface area contributed by atoms with Gasteiger partial charge < -0.3 is 10.4 Å². The quantitative estimate of drug-likeness (QED) is 0.692. The van der Waals surface area contributed by atoms with Gasteiger partial charge in [-0.3, -0.25) is 14.7 Å². The Labute approximate surface area is 99.4 Å². The first-order chi connectivity index (χ1) is 8.02. The van der Waals surface area contributed by atoms with Gasteiger partial charge in [0.1, 0.15) is 5.69 Å². The predicted octanol–water partition coefficient (Wildman–Crippen LogP) is 1.09. The summed E-state index contributed by atoms with van der Waals surface area (Å²) in [6.07, 6.45) is 1.39. The summed E-state index contributed by atoms with van der Waals surface area (Å²) >= 11 is 0. The van der Waals surface area contributed by atoms with E-state index in [1.165, 1.54) is 0 Å². The lowest BCUT2D eigenvalue weighted by molar-refractivity contribution is -0.137. The molecule has 6 nitrogen and oxygen atoms in total. The van der Waals surface area contributed by atoms with Crippen molar-refractivity contribution in [2.24, 2.45) is 0 Å². The molecule has 0 saturated heterocycles. The molecule has 17 heavy (non-hydrogen) atoms. The highest BCUT2D eigenvalue weighted by molar-refractivity contribution is 5.92. The number of hydrogen-bond donors (Lipinski definition) is 3. The molecule has 1 rings (SSSR count). The van der Waals surface area contributed by atoms with Crippen LogP contribution < -0.4 is 5.32 Å². The minimum Gasteiger partial charge on any atom is -0.481 e. The van der Waals surface area contributed by atoms with Gasteiger partial charge in [0.15, 0.2) is 0 Å². The number of aromatic nitrogens is 2. The molecule has 1 atom stereocenters. The number of H-pyrrole nitrogens is 1. The molecule has 1 aromatic heterocycles. The zero-order valence-electron chi connectivity index (χ0n) is 9.99. The first kappa shape index (κ1) is 13.2. The van der Waals surface area contributed by atoms with Gasteiger partial charge in [-0.25, -0.2) is 0 Å². The van der Waals surface area contributed by atoms with Gasteiger partial charge in [-0.2, -0.15) is 5.10 Å². The van der Waals surface area contributed by atoms with E-state index in [1.807, 2.05) is 6.92 Å². The van der Waals surface area contributed by atoms with Crippen molar-refractivity contribution in [2.45, 2.75) is 39.2 Å². The van der Waals surface area contributed by atoms with Crippen LogP contribution in [-0.4, -0.2) is 33.2 Å². The maximum Gasteiger partial charge on any atom is 0.305 e. The summed E-state index contributed by atoms with van der Waals surface area (Å²) in [6.45, 7) is 3.74. The number of amides is 1. The molecule has 0 bridgehead atoms. The molecule has 1 amide bonds. The van der Waals surface area contributed by atoms with Gasteiger partial charge in [-0.1, -0.05) is 13.3 Å². The fourth-order valence-electron chi connectivity index (χ4n) is 1.58. The molecule has 1 aromatic rings. The van der Waals surface area contributed by atoms with Crippen LogP contribution in [0.4, 0.5) is 0 Å². The van der Waals surface area contributed by atoms with Crippen LogP contribution in [0, 0.1) is 6.92 Å². The van der Waals surface area contributed by atoms with E-state index < -0.39 is 5.97 Å². The van der Waals surface area contributed by atoms with Crippen molar-refractivity contribution in [3.05, 3.63) is 17.5 Å². The van der Waals surface area contributed by atoms with E-state index in [4.69, 9.17) is 5.11 Å². The summed E-state index contributed by atoms with van der Waals surface area (Å²) in [4.78, 5) is 22.4. The fraction of sp³-hybridized carbons (Fsp3) is 0.545. The number of aliphatic carboxylic acids is 1. The molecule has 0 spiro atoms. The number of nitrogens with zero attached hydrogens (tertiary/aromatic N) is 1. The Morgan fingerprint density at radius 1 is 1.59 bits per heavy atom. The summed E-state index contributed by atoms with van der Waals surface area (Å²) in [5.74, 6) is -1.25. The maximum absolute atomic E-state index is 11.7. The Kier molecular flexibility index (Phi) is 4.68. The lowest BCUT2D eigenvalue weighted by atomic mass is 10.1. The van der Waals surface area contributed by atoms with Crippen LogP contribution in [0.25, 0.3) is 0 Å². The number of carboxylic acid groups (broad SMARTS) is 1. The normalized spacial score (nSPS) is 12.1. The topological polar surface area (TPSA) is 95.1 Å². The van der Waals surface area contributed by atoms with Crippen molar-refractivity contribution in [1.29, 1.82) is 0 Å². The number of carbonyl (C=O) groups excluding carboxylic acids is 1. The van der Waals surface area contributed by atoms with Crippen LogP contribution in [0.1, 0.15) is 42.4 Å². The summed E-state index contributed by atoms with van der Waals surface area (Å²) in [5.41, 5.74) is 1.08. The third kappa shape index (κ3) is 4.26. The van der Waals surface area contributed by atoms with E-state index >= 15 is 0 Å². The van der Waals surface area contributed by atoms with Crippen molar-refractivity contribution in [3.8, 4) is 0 Å². The number of aromatic amines is 1. The number of nitrogens with one attached hydrogen (secondary N) is 2. The standard InChI is InChI=1S/C11H17N3O3/c1-3-4-8(6-10(15)16)12-11(17)9-5-7(2)13-14-9/h5,8H,3-4,6H2,1-2H3,(H,12,17)(H,13,14)(H,15,16). The minimum atomic E-state index is -0.915. The molecule has 3 N–H and O–H groups in total. The van der Waals surface area contributed by atoms with Crippen molar-refractivity contribution < 1.29 is 14.7 Å². The maximum atomic E-state index is 11.7. The highest BCUT2D eigenvalue weighted by atomic mass is 16.4. The highest BCUT2D eigenvalue weighted by Crippen LogP contribution is 2.04. The Morgan fingerprint density at radius 2 is 2.29 bits per heavy atom. The third-order valence-corrected chi connectivity index (χ3v) is 2.33. The van der Waals surface area contributed by atoms with Gasteiger partial charge >= 0.3 is 5.97 Å². The van der Waals surface area contributed by atoms with Crippen LogP contribution >= 0.6 is 0 Å². The van der Waals surface area contributed by atoms with Gasteiger partial charge in [0.05, 0.1) is 6.42 Å². The molecule has 0 fully saturated rings. The molecule has 0 aromatic carbocycles. The average molecular weight is 239 g/mol. The van der Waals surface area contributed by atoms with Gasteiger partial charge in [-0.15, -0.1) is 0 Å². The fourth-order valence-corrected chi connectivity index (χ4v) is 1.58. The van der Waals surface area contributed by atoms with Gasteiger partial charge in [0, 0.05) is 11.7 Å². The molecule has 1 heterocycles. The number of aryl methyl sites for hydroxylation is 1. The molecule has 1 unspecified atom stereocenters. The monoisotopic (exact) mass is 239 g/mol. The Hall–Kier alpha value is -1.85. The Morgan fingerprint density at radius 3 is 2.76 bits per heavy atom. The van der Waals surface area contributed by atoms with Crippen molar-refractivity contribution in [1.82, 2.24) is 15.5 Å². The molecule has 6 heteroatoms. The zero-order valence-corrected chi connectivity index (χ0v) is 9.99. The van der Waals surface area contributed by atoms with Gasteiger partial charge in [-0.05, 0) is 19.4 Å². The minimum absolute atomic E-state index is 0.0665. The summed E-state index contributed by atoms with van der Waals surface area (Å²) in [6, 6.07) is 1.28. The van der Waals surface area contributed by atoms with Crippen molar-refractivity contribution in [2.75, 3.05) is 0 Å². The number of rotatable bonds is 6. The molecule has 0 aliphatic heterocycles. The van der Waals surface area contributed by atoms with E-state index in [1.54, 1.807) is 13.0 Å². The highest BCUT2D eigenvalue weighted by Gasteiger charge is 2.17. The summed E-state index contributed by atoms with van der Waals surface area (Å²) < 4.78 is 0. The van der Waals surface area contributed by atoms with Crippen LogP contribution in [0.2, 0.25) is 0 Å². The smallest absolute Gasteiger partial charge is 0.305 e. The Bertz CT molecular complexity index is 400. The number of hydrogen-bond acceptors (Lipinski definition) is 3. The second kappa shape index (κ2) is 6.03. The van der Waals surface area contributed by atoms with Gasteiger partial charge in [0.25, 0.3) is 5.91 Å². The third-order valence-electron chi connectivity index (χ3n) is 2.33. The zero-order chi connectivity index (χ0) is 12.8. The second-order valence-corrected chi connectivity index (χ2v) is 3.99. The van der Waals surface area contributed by atoms with E-state index in [0.29, 0.717) is 6.42 Å². The van der Waals surface area contributed by atoms with E-state index in [-0.39, 0.29) is 24.1 Å². The predicted molar refractivity (Wildman–Crippen MR) is 61.7 cm³/mol. The molecule has 94 valence electrons. The molecular weight excluding hydrogens is 222 g/mol. The Balaban J connectivity index is 2.60. The van der Waals surface area contributed by atoms with Crippen LogP contribution in [0.15, 0.2) is 6.07 Å². The van der Waals surface area contributed by atoms with Crippen molar-refractivity contribution >= 4 is 11.9 Å². The van der Waals surface area contributed by atoms with Gasteiger partial charge in [0.2, 0.25) is 0 Å². The lowest BCUT2D eigenvalue weighted by Gasteiger charge is -2.14. The van der Waals surface area contributed by atoms with Crippen LogP contribution in [0.3, 0.4) is 0 Å². The summed E-state index contributed by atoms with van der Waals surface area (Å²) in [5, 5.41) is 17.9. The first-order valence-corrected chi connectivity index (χ1v) is 5.57. The van der Waals surface area contributed by atoms with E-state index in [0.717, 1.165) is 12.1 Å². The van der Waals surface area contributed by atoms with E-state index in [2.05, 4.69) is 15.5 Å². The largest absolute Gasteiger partial charge is 0.481 e. The van der Waals surface area contributed by atoms with E-state index in [9.17, 15) is 9.59 Å². The van der Waals surface area contributed by atoms with Crippen molar-refractivity contribution in [3.63, 3.8) is 0 Å². The first-order valence-electron chi connectivity index (χ1n) is 5.57. The molecule has 0 aliphatic rings. The van der Waals surface area contributed by atoms with Crippen LogP contribution in [0.5, 0.6) is 0 Å². The molecular formula is C11H17N3O3. The lowest BCUT2D eigenvalue weighted by Crippen LogP contribution is -2.36.